The van der Waals surface area contributed by atoms with E-state index in [1.165, 1.54) is 0 Å². The van der Waals surface area contributed by atoms with Crippen molar-refractivity contribution >= 4 is 11.8 Å². The van der Waals surface area contributed by atoms with Crippen molar-refractivity contribution in [2.45, 2.75) is 19.4 Å². The maximum atomic E-state index is 9.19. The van der Waals surface area contributed by atoms with Crippen LogP contribution in [0.4, 0.5) is 0 Å². The molecule has 0 aromatic carbocycles. The summed E-state index contributed by atoms with van der Waals surface area (Å²) in [6.45, 7) is 1.92. The first-order valence-corrected chi connectivity index (χ1v) is 4.93. The van der Waals surface area contributed by atoms with E-state index in [4.69, 9.17) is 5.11 Å². The summed E-state index contributed by atoms with van der Waals surface area (Å²) < 4.78 is 0. The summed E-state index contributed by atoms with van der Waals surface area (Å²) in [5.74, 6) is 1.18. The van der Waals surface area contributed by atoms with Crippen LogP contribution in [0.3, 0.4) is 0 Å². The molecule has 0 saturated carbocycles. The van der Waals surface area contributed by atoms with Gasteiger partial charge in [0.05, 0.1) is 12.7 Å². The van der Waals surface area contributed by atoms with Gasteiger partial charge in [0.25, 0.3) is 0 Å². The van der Waals surface area contributed by atoms with Gasteiger partial charge in [-0.1, -0.05) is 6.92 Å². The predicted molar refractivity (Wildman–Crippen MR) is 45.3 cm³/mol. The number of hydrogen-bond donors (Lipinski definition) is 2. The lowest BCUT2D eigenvalue weighted by Gasteiger charge is -2.17. The van der Waals surface area contributed by atoms with E-state index in [0.717, 1.165) is 12.2 Å². The van der Waals surface area contributed by atoms with Crippen LogP contribution in [-0.4, -0.2) is 34.9 Å². The summed E-state index contributed by atoms with van der Waals surface area (Å²) in [6, 6.07) is 0. The lowest BCUT2D eigenvalue weighted by Crippen LogP contribution is -2.25. The number of rotatable bonds is 5. The van der Waals surface area contributed by atoms with Crippen molar-refractivity contribution in [2.75, 3.05) is 18.6 Å². The van der Waals surface area contributed by atoms with Crippen molar-refractivity contribution in [3.05, 3.63) is 0 Å². The molecule has 2 nitrogen and oxygen atoms in total. The maximum absolute atomic E-state index is 9.19. The Morgan fingerprint density at radius 1 is 1.50 bits per heavy atom. The summed E-state index contributed by atoms with van der Waals surface area (Å²) in [5, 5.41) is 17.8. The van der Waals surface area contributed by atoms with Crippen LogP contribution in [0.5, 0.6) is 0 Å². The highest BCUT2D eigenvalue weighted by Crippen LogP contribution is 2.13. The first-order valence-electron chi connectivity index (χ1n) is 3.54. The molecule has 0 saturated heterocycles. The zero-order valence-electron chi connectivity index (χ0n) is 6.58. The monoisotopic (exact) mass is 164 g/mol. The average molecular weight is 164 g/mol. The van der Waals surface area contributed by atoms with Gasteiger partial charge in [-0.05, 0) is 24.3 Å². The molecule has 0 rings (SSSR count). The Morgan fingerprint density at radius 3 is 2.40 bits per heavy atom. The highest BCUT2D eigenvalue weighted by atomic mass is 32.2. The highest BCUT2D eigenvalue weighted by molar-refractivity contribution is 7.98. The molecule has 0 radical (unpaired) electrons. The summed E-state index contributed by atoms with van der Waals surface area (Å²) >= 11 is 1.71. The van der Waals surface area contributed by atoms with Gasteiger partial charge in [-0.2, -0.15) is 11.8 Å². The van der Waals surface area contributed by atoms with Gasteiger partial charge in [0.15, 0.2) is 0 Å². The van der Waals surface area contributed by atoms with Crippen LogP contribution in [0.15, 0.2) is 0 Å². The Kier molecular flexibility index (Phi) is 6.17. The van der Waals surface area contributed by atoms with Crippen molar-refractivity contribution in [3.63, 3.8) is 0 Å². The lowest BCUT2D eigenvalue weighted by atomic mass is 10.0. The SMILES string of the molecule is CC[C@H](CSC)[C@@H](O)CO. The molecule has 0 heterocycles. The molecule has 0 aromatic heterocycles. The van der Waals surface area contributed by atoms with E-state index in [1.54, 1.807) is 11.8 Å². The largest absolute Gasteiger partial charge is 0.394 e. The normalized spacial score (nSPS) is 16.8. The van der Waals surface area contributed by atoms with Crippen molar-refractivity contribution in [3.8, 4) is 0 Å². The molecule has 3 heteroatoms. The minimum Gasteiger partial charge on any atom is -0.394 e. The smallest absolute Gasteiger partial charge is 0.0806 e. The van der Waals surface area contributed by atoms with Crippen LogP contribution in [0.2, 0.25) is 0 Å². The number of hydrogen-bond acceptors (Lipinski definition) is 3. The Hall–Kier alpha value is 0.270. The first-order chi connectivity index (χ1) is 4.76. The average Bonchev–Trinajstić information content (AvgIpc) is 1.99. The fourth-order valence-electron chi connectivity index (χ4n) is 0.864. The molecule has 0 amide bonds. The van der Waals surface area contributed by atoms with Crippen LogP contribution in [0.1, 0.15) is 13.3 Å². The molecule has 0 bridgehead atoms. The zero-order valence-corrected chi connectivity index (χ0v) is 7.40. The van der Waals surface area contributed by atoms with Crippen LogP contribution in [0.25, 0.3) is 0 Å². The van der Waals surface area contributed by atoms with E-state index in [0.29, 0.717) is 0 Å². The van der Waals surface area contributed by atoms with Gasteiger partial charge in [-0.25, -0.2) is 0 Å². The third kappa shape index (κ3) is 3.44. The third-order valence-corrected chi connectivity index (χ3v) is 2.40. The number of aliphatic hydroxyl groups is 2. The molecule has 0 aromatic rings. The minimum atomic E-state index is -0.530. The number of aliphatic hydroxyl groups excluding tert-OH is 2. The van der Waals surface area contributed by atoms with Crippen LogP contribution >= 0.6 is 11.8 Å². The van der Waals surface area contributed by atoms with Gasteiger partial charge < -0.3 is 10.2 Å². The van der Waals surface area contributed by atoms with Gasteiger partial charge in [0, 0.05) is 0 Å². The molecule has 0 aliphatic heterocycles. The van der Waals surface area contributed by atoms with E-state index in [2.05, 4.69) is 0 Å². The fourth-order valence-corrected chi connectivity index (χ4v) is 1.75. The molecule has 0 unspecified atom stereocenters. The Morgan fingerprint density at radius 2 is 2.10 bits per heavy atom. The van der Waals surface area contributed by atoms with Gasteiger partial charge in [-0.15, -0.1) is 0 Å². The topological polar surface area (TPSA) is 40.5 Å². The first kappa shape index (κ1) is 10.3. The molecular weight excluding hydrogens is 148 g/mol. The van der Waals surface area contributed by atoms with Crippen LogP contribution < -0.4 is 0 Å². The maximum Gasteiger partial charge on any atom is 0.0806 e. The molecule has 2 atom stereocenters. The Balaban J connectivity index is 3.56. The second kappa shape index (κ2) is 6.01. The van der Waals surface area contributed by atoms with Crippen molar-refractivity contribution in [1.82, 2.24) is 0 Å². The van der Waals surface area contributed by atoms with E-state index in [1.807, 2.05) is 13.2 Å². The molecule has 0 spiro atoms. The predicted octanol–water partition coefficient (Wildman–Crippen LogP) is 0.729. The molecule has 2 N–H and O–H groups in total. The molecule has 10 heavy (non-hydrogen) atoms. The molecule has 0 aliphatic rings. The third-order valence-electron chi connectivity index (χ3n) is 1.64. The number of thioether (sulfide) groups is 1. The van der Waals surface area contributed by atoms with Gasteiger partial charge >= 0.3 is 0 Å². The quantitative estimate of drug-likeness (QED) is 0.629. The van der Waals surface area contributed by atoms with Crippen molar-refractivity contribution in [1.29, 1.82) is 0 Å². The van der Waals surface area contributed by atoms with Gasteiger partial charge in [-0.3, -0.25) is 0 Å². The van der Waals surface area contributed by atoms with E-state index >= 15 is 0 Å². The minimum absolute atomic E-state index is 0.112. The van der Waals surface area contributed by atoms with Crippen LogP contribution in [0, 0.1) is 5.92 Å². The molecule has 62 valence electrons. The second-order valence-corrected chi connectivity index (χ2v) is 3.28. The fraction of sp³-hybridized carbons (Fsp3) is 1.00. The second-order valence-electron chi connectivity index (χ2n) is 2.37. The Labute approximate surface area is 66.6 Å². The van der Waals surface area contributed by atoms with Gasteiger partial charge in [0.2, 0.25) is 0 Å². The summed E-state index contributed by atoms with van der Waals surface area (Å²) in [4.78, 5) is 0. The summed E-state index contributed by atoms with van der Waals surface area (Å²) in [7, 11) is 0. The standard InChI is InChI=1S/C7H16O2S/c1-3-6(5-10-2)7(9)4-8/h6-9H,3-5H2,1-2H3/t6-,7+/m1/s1. The van der Waals surface area contributed by atoms with Crippen molar-refractivity contribution < 1.29 is 10.2 Å². The summed E-state index contributed by atoms with van der Waals surface area (Å²) in [6.07, 6.45) is 2.41. The van der Waals surface area contributed by atoms with Crippen LogP contribution in [-0.2, 0) is 0 Å². The summed E-state index contributed by atoms with van der Waals surface area (Å²) in [5.41, 5.74) is 0. The molecule has 0 aliphatic carbocycles. The molecule has 0 fully saturated rings. The van der Waals surface area contributed by atoms with Gasteiger partial charge in [0.1, 0.15) is 0 Å². The van der Waals surface area contributed by atoms with E-state index in [-0.39, 0.29) is 12.5 Å². The van der Waals surface area contributed by atoms with E-state index < -0.39 is 6.10 Å². The molecular formula is C7H16O2S. The van der Waals surface area contributed by atoms with E-state index in [9.17, 15) is 5.11 Å². The Bertz CT molecular complexity index is 78.0. The van der Waals surface area contributed by atoms with Crippen molar-refractivity contribution in [2.24, 2.45) is 5.92 Å². The zero-order chi connectivity index (χ0) is 7.98. The highest BCUT2D eigenvalue weighted by Gasteiger charge is 2.14. The lowest BCUT2D eigenvalue weighted by molar-refractivity contribution is 0.0538.